The van der Waals surface area contributed by atoms with Crippen molar-refractivity contribution in [3.05, 3.63) is 51.2 Å². The van der Waals surface area contributed by atoms with Crippen LogP contribution in [0.5, 0.6) is 0 Å². The Bertz CT molecular complexity index is 870. The highest BCUT2D eigenvalue weighted by Gasteiger charge is 2.31. The molecule has 0 saturated carbocycles. The van der Waals surface area contributed by atoms with Gasteiger partial charge < -0.3 is 5.32 Å². The van der Waals surface area contributed by atoms with Gasteiger partial charge in [-0.05, 0) is 56.2 Å². The van der Waals surface area contributed by atoms with E-state index in [-0.39, 0.29) is 16.7 Å². The first kappa shape index (κ1) is 19.4. The maximum atomic E-state index is 12.7. The Kier molecular flexibility index (Phi) is 6.02. The number of nitrogens with zero attached hydrogens (tertiary/aromatic N) is 1. The smallest absolute Gasteiger partial charge is 0.243 e. The molecule has 1 fully saturated rings. The molecule has 0 spiro atoms. The number of amides is 1. The van der Waals surface area contributed by atoms with E-state index >= 15 is 0 Å². The summed E-state index contributed by atoms with van der Waals surface area (Å²) in [5.41, 5.74) is 0. The molecule has 2 aromatic rings. The summed E-state index contributed by atoms with van der Waals surface area (Å²) in [5.74, 6) is -0.146. The molecular weight excluding hydrogens is 392 g/mol. The maximum absolute atomic E-state index is 12.7. The van der Waals surface area contributed by atoms with Crippen LogP contribution >= 0.6 is 22.9 Å². The highest BCUT2D eigenvalue weighted by molar-refractivity contribution is 7.89. The fourth-order valence-electron chi connectivity index (χ4n) is 3.01. The third kappa shape index (κ3) is 4.46. The summed E-state index contributed by atoms with van der Waals surface area (Å²) in [7, 11) is -3.54. The number of nitrogens with one attached hydrogen (secondary N) is 1. The zero-order chi connectivity index (χ0) is 18.7. The van der Waals surface area contributed by atoms with Crippen molar-refractivity contribution in [2.75, 3.05) is 13.1 Å². The van der Waals surface area contributed by atoms with E-state index in [9.17, 15) is 13.2 Å². The number of sulfonamides is 1. The average Bonchev–Trinajstić information content (AvgIpc) is 3.05. The Morgan fingerprint density at radius 3 is 2.42 bits per heavy atom. The van der Waals surface area contributed by atoms with Gasteiger partial charge in [-0.1, -0.05) is 11.6 Å². The highest BCUT2D eigenvalue weighted by atomic mass is 35.5. The van der Waals surface area contributed by atoms with Crippen LogP contribution in [-0.4, -0.2) is 31.7 Å². The lowest BCUT2D eigenvalue weighted by Crippen LogP contribution is -2.42. The van der Waals surface area contributed by atoms with Crippen LogP contribution in [0.4, 0.5) is 0 Å². The molecular formula is C18H21ClN2O3S2. The molecule has 1 saturated heterocycles. The number of aryl methyl sites for hydroxylation is 1. The minimum atomic E-state index is -3.54. The molecule has 1 aliphatic heterocycles. The number of carbonyl (C=O) groups excluding carboxylic acids is 1. The fraction of sp³-hybridized carbons (Fsp3) is 0.389. The minimum Gasteiger partial charge on any atom is -0.351 e. The molecule has 3 rings (SSSR count). The molecule has 2 heterocycles. The van der Waals surface area contributed by atoms with E-state index in [1.807, 2.05) is 19.1 Å². The second kappa shape index (κ2) is 8.08. The molecule has 1 aromatic heterocycles. The van der Waals surface area contributed by atoms with Crippen molar-refractivity contribution >= 4 is 38.9 Å². The zero-order valence-corrected chi connectivity index (χ0v) is 16.8. The second-order valence-electron chi connectivity index (χ2n) is 6.36. The average molecular weight is 413 g/mol. The van der Waals surface area contributed by atoms with Crippen LogP contribution in [0, 0.1) is 12.8 Å². The van der Waals surface area contributed by atoms with Gasteiger partial charge in [-0.3, -0.25) is 4.79 Å². The molecule has 5 nitrogen and oxygen atoms in total. The quantitative estimate of drug-likeness (QED) is 0.818. The maximum Gasteiger partial charge on any atom is 0.243 e. The van der Waals surface area contributed by atoms with Crippen molar-refractivity contribution in [1.82, 2.24) is 9.62 Å². The van der Waals surface area contributed by atoms with Crippen LogP contribution in [0.2, 0.25) is 5.02 Å². The van der Waals surface area contributed by atoms with Crippen LogP contribution in [0.1, 0.15) is 22.6 Å². The lowest BCUT2D eigenvalue weighted by Gasteiger charge is -2.30. The van der Waals surface area contributed by atoms with E-state index < -0.39 is 10.0 Å². The van der Waals surface area contributed by atoms with Crippen LogP contribution < -0.4 is 5.32 Å². The van der Waals surface area contributed by atoms with Crippen LogP contribution in [-0.2, 0) is 21.4 Å². The number of rotatable bonds is 5. The van der Waals surface area contributed by atoms with Crippen molar-refractivity contribution in [2.24, 2.45) is 5.92 Å². The standard InChI is InChI=1S/C18H21ClN2O3S2/c1-13-2-5-16(25-13)12-20-18(22)14-8-10-21(11-9-14)26(23,24)17-6-3-15(19)4-7-17/h2-7,14H,8-12H2,1H3,(H,20,22). The summed E-state index contributed by atoms with van der Waals surface area (Å²) >= 11 is 7.49. The molecule has 140 valence electrons. The normalized spacial score (nSPS) is 16.5. The summed E-state index contributed by atoms with van der Waals surface area (Å²) < 4.78 is 26.8. The second-order valence-corrected chi connectivity index (χ2v) is 10.1. The van der Waals surface area contributed by atoms with Gasteiger partial charge in [0.1, 0.15) is 0 Å². The summed E-state index contributed by atoms with van der Waals surface area (Å²) in [6, 6.07) is 10.2. The summed E-state index contributed by atoms with van der Waals surface area (Å²) in [5, 5.41) is 3.46. The first-order valence-corrected chi connectivity index (χ1v) is 11.1. The molecule has 0 bridgehead atoms. The fourth-order valence-corrected chi connectivity index (χ4v) is 5.44. The Morgan fingerprint density at radius 1 is 1.19 bits per heavy atom. The number of halogens is 1. The molecule has 0 unspecified atom stereocenters. The number of benzene rings is 1. The van der Waals surface area contributed by atoms with Crippen LogP contribution in [0.25, 0.3) is 0 Å². The van der Waals surface area contributed by atoms with Crippen molar-refractivity contribution in [3.63, 3.8) is 0 Å². The van der Waals surface area contributed by atoms with E-state index in [1.165, 1.54) is 21.3 Å². The Morgan fingerprint density at radius 2 is 1.85 bits per heavy atom. The van der Waals surface area contributed by atoms with Gasteiger partial charge >= 0.3 is 0 Å². The molecule has 0 aliphatic carbocycles. The van der Waals surface area contributed by atoms with E-state index in [0.717, 1.165) is 4.88 Å². The number of hydrogen-bond acceptors (Lipinski definition) is 4. The largest absolute Gasteiger partial charge is 0.351 e. The molecule has 1 aliphatic rings. The Labute approximate surface area is 163 Å². The molecule has 1 amide bonds. The van der Waals surface area contributed by atoms with E-state index in [4.69, 9.17) is 11.6 Å². The molecule has 26 heavy (non-hydrogen) atoms. The van der Waals surface area contributed by atoms with Gasteiger partial charge in [0.25, 0.3) is 0 Å². The van der Waals surface area contributed by atoms with Crippen LogP contribution in [0.3, 0.4) is 0 Å². The van der Waals surface area contributed by atoms with Gasteiger partial charge in [0.2, 0.25) is 15.9 Å². The minimum absolute atomic E-state index is 0.000376. The third-order valence-corrected chi connectivity index (χ3v) is 7.67. The van der Waals surface area contributed by atoms with E-state index in [1.54, 1.807) is 23.5 Å². The summed E-state index contributed by atoms with van der Waals surface area (Å²) in [6.07, 6.45) is 1.06. The van der Waals surface area contributed by atoms with E-state index in [0.29, 0.717) is 37.5 Å². The number of carbonyl (C=O) groups is 1. The molecule has 0 radical (unpaired) electrons. The van der Waals surface area contributed by atoms with Crippen molar-refractivity contribution in [2.45, 2.75) is 31.2 Å². The first-order chi connectivity index (χ1) is 12.4. The number of thiophene rings is 1. The van der Waals surface area contributed by atoms with Crippen LogP contribution in [0.15, 0.2) is 41.3 Å². The molecule has 8 heteroatoms. The lowest BCUT2D eigenvalue weighted by molar-refractivity contribution is -0.126. The topological polar surface area (TPSA) is 66.5 Å². The lowest BCUT2D eigenvalue weighted by atomic mass is 9.97. The highest BCUT2D eigenvalue weighted by Crippen LogP contribution is 2.25. The van der Waals surface area contributed by atoms with Crippen molar-refractivity contribution in [3.8, 4) is 0 Å². The van der Waals surface area contributed by atoms with Gasteiger partial charge in [0.05, 0.1) is 11.4 Å². The Hall–Kier alpha value is -1.41. The van der Waals surface area contributed by atoms with Gasteiger partial charge in [-0.2, -0.15) is 4.31 Å². The summed E-state index contributed by atoms with van der Waals surface area (Å²) in [4.78, 5) is 14.9. The monoisotopic (exact) mass is 412 g/mol. The van der Waals surface area contributed by atoms with Gasteiger partial charge in [-0.25, -0.2) is 8.42 Å². The molecule has 1 N–H and O–H groups in total. The Balaban J connectivity index is 1.54. The van der Waals surface area contributed by atoms with Gasteiger partial charge in [0.15, 0.2) is 0 Å². The predicted molar refractivity (Wildman–Crippen MR) is 104 cm³/mol. The zero-order valence-electron chi connectivity index (χ0n) is 14.4. The molecule has 1 aromatic carbocycles. The van der Waals surface area contributed by atoms with Crippen molar-refractivity contribution in [1.29, 1.82) is 0 Å². The first-order valence-electron chi connectivity index (χ1n) is 8.45. The van der Waals surface area contributed by atoms with Gasteiger partial charge in [0, 0.05) is 33.8 Å². The van der Waals surface area contributed by atoms with Crippen molar-refractivity contribution < 1.29 is 13.2 Å². The van der Waals surface area contributed by atoms with E-state index in [2.05, 4.69) is 5.32 Å². The predicted octanol–water partition coefficient (Wildman–Crippen LogP) is 3.43. The summed E-state index contributed by atoms with van der Waals surface area (Å²) in [6.45, 7) is 3.26. The SMILES string of the molecule is Cc1ccc(CNC(=O)C2CCN(S(=O)(=O)c3ccc(Cl)cc3)CC2)s1. The molecule has 0 atom stereocenters. The third-order valence-electron chi connectivity index (χ3n) is 4.51. The number of piperidine rings is 1. The van der Waals surface area contributed by atoms with Gasteiger partial charge in [-0.15, -0.1) is 11.3 Å². The number of hydrogen-bond donors (Lipinski definition) is 1.